The summed E-state index contributed by atoms with van der Waals surface area (Å²) < 4.78 is 5.95. The smallest absolute Gasteiger partial charge is 0.254 e. The Morgan fingerprint density at radius 1 is 1.13 bits per heavy atom. The van der Waals surface area contributed by atoms with Crippen molar-refractivity contribution in [3.05, 3.63) is 65.9 Å². The van der Waals surface area contributed by atoms with E-state index in [9.17, 15) is 9.59 Å². The monoisotopic (exact) mass is 405 g/mol. The summed E-state index contributed by atoms with van der Waals surface area (Å²) in [5.74, 6) is 0.651. The number of amides is 2. The highest BCUT2D eigenvalue weighted by atomic mass is 16.5. The molecule has 1 fully saturated rings. The van der Waals surface area contributed by atoms with Gasteiger partial charge in [-0.2, -0.15) is 0 Å². The molecule has 1 atom stereocenters. The van der Waals surface area contributed by atoms with E-state index in [4.69, 9.17) is 4.74 Å². The number of aromatic nitrogens is 1. The number of aromatic amines is 1. The Hall–Kier alpha value is -3.28. The summed E-state index contributed by atoms with van der Waals surface area (Å²) in [6, 6.07) is 15.0. The maximum absolute atomic E-state index is 13.1. The predicted octanol–water partition coefficient (Wildman–Crippen LogP) is 3.99. The highest BCUT2D eigenvalue weighted by Crippen LogP contribution is 2.23. The van der Waals surface area contributed by atoms with E-state index < -0.39 is 0 Å². The topological polar surface area (TPSA) is 74.4 Å². The van der Waals surface area contributed by atoms with Crippen LogP contribution in [0, 0.1) is 0 Å². The zero-order valence-corrected chi connectivity index (χ0v) is 17.4. The number of likely N-dealkylation sites (tertiary alicyclic amines) is 1. The average molecular weight is 405 g/mol. The van der Waals surface area contributed by atoms with Crippen molar-refractivity contribution in [2.45, 2.75) is 38.8 Å². The lowest BCUT2D eigenvalue weighted by atomic mass is 10.1. The molecule has 2 aromatic carbocycles. The normalized spacial score (nSPS) is 16.2. The molecule has 0 bridgehead atoms. The van der Waals surface area contributed by atoms with Gasteiger partial charge < -0.3 is 19.9 Å². The van der Waals surface area contributed by atoms with Crippen LogP contribution in [0.25, 0.3) is 10.9 Å². The zero-order chi connectivity index (χ0) is 21.1. The second-order valence-electron chi connectivity index (χ2n) is 8.04. The Morgan fingerprint density at radius 3 is 2.67 bits per heavy atom. The Bertz CT molecular complexity index is 1040. The fourth-order valence-corrected chi connectivity index (χ4v) is 3.87. The summed E-state index contributed by atoms with van der Waals surface area (Å²) in [4.78, 5) is 30.2. The number of carbonyl (C=O) groups is 2. The largest absolute Gasteiger partial charge is 0.491 e. The molecule has 2 amide bonds. The van der Waals surface area contributed by atoms with Crippen LogP contribution in [0.1, 0.15) is 47.4 Å². The van der Waals surface area contributed by atoms with Gasteiger partial charge in [0.15, 0.2) is 0 Å². The molecule has 3 aromatic rings. The van der Waals surface area contributed by atoms with Crippen molar-refractivity contribution in [1.29, 1.82) is 0 Å². The molecule has 1 saturated heterocycles. The van der Waals surface area contributed by atoms with Crippen LogP contribution >= 0.6 is 0 Å². The molecule has 1 unspecified atom stereocenters. The minimum atomic E-state index is -0.0940. The highest BCUT2D eigenvalue weighted by Gasteiger charge is 2.30. The Kier molecular flexibility index (Phi) is 5.74. The van der Waals surface area contributed by atoms with Crippen LogP contribution in [0.2, 0.25) is 0 Å². The lowest BCUT2D eigenvalue weighted by molar-refractivity contribution is 0.0691. The van der Waals surface area contributed by atoms with Crippen molar-refractivity contribution >= 4 is 22.7 Å². The molecule has 1 aliphatic rings. The van der Waals surface area contributed by atoms with Crippen molar-refractivity contribution in [2.24, 2.45) is 0 Å². The van der Waals surface area contributed by atoms with Crippen molar-refractivity contribution < 1.29 is 14.3 Å². The number of ether oxygens (including phenoxy) is 1. The molecule has 1 aliphatic heterocycles. The third-order valence-electron chi connectivity index (χ3n) is 5.42. The Morgan fingerprint density at radius 2 is 1.90 bits per heavy atom. The molecular formula is C24H27N3O3. The van der Waals surface area contributed by atoms with Crippen molar-refractivity contribution in [3.8, 4) is 5.75 Å². The summed E-state index contributed by atoms with van der Waals surface area (Å²) in [6.07, 6.45) is 3.77. The van der Waals surface area contributed by atoms with E-state index >= 15 is 0 Å². The molecule has 6 nitrogen and oxygen atoms in total. The van der Waals surface area contributed by atoms with Crippen LogP contribution in [0.5, 0.6) is 5.75 Å². The summed E-state index contributed by atoms with van der Waals surface area (Å²) in [5.41, 5.74) is 2.33. The number of nitrogens with one attached hydrogen (secondary N) is 2. The molecule has 0 radical (unpaired) electrons. The second kappa shape index (κ2) is 8.61. The minimum absolute atomic E-state index is 0.0448. The summed E-state index contributed by atoms with van der Waals surface area (Å²) >= 11 is 0. The second-order valence-corrected chi connectivity index (χ2v) is 8.04. The van der Waals surface area contributed by atoms with E-state index in [2.05, 4.69) is 10.3 Å². The van der Waals surface area contributed by atoms with Crippen LogP contribution in [0.4, 0.5) is 0 Å². The molecule has 2 heterocycles. The third-order valence-corrected chi connectivity index (χ3v) is 5.42. The fourth-order valence-electron chi connectivity index (χ4n) is 3.87. The zero-order valence-electron chi connectivity index (χ0n) is 17.4. The average Bonchev–Trinajstić information content (AvgIpc) is 3.40. The van der Waals surface area contributed by atoms with Crippen LogP contribution in [0.3, 0.4) is 0 Å². The Balaban J connectivity index is 1.38. The molecule has 2 N–H and O–H groups in total. The summed E-state index contributed by atoms with van der Waals surface area (Å²) in [6.45, 7) is 5.04. The summed E-state index contributed by atoms with van der Waals surface area (Å²) in [5, 5.41) is 3.91. The number of carbonyl (C=O) groups excluding carboxylic acids is 2. The fraction of sp³-hybridized carbons (Fsp3) is 0.333. The van der Waals surface area contributed by atoms with Crippen LogP contribution in [0.15, 0.2) is 54.7 Å². The standard InChI is InChI=1S/C24H27N3O3/c1-16(2)26-23(28)17-5-8-21(9-6-17)30-15-20-4-3-13-27(20)24(29)19-7-10-22-18(14-19)11-12-25-22/h5-12,14,16,20,25H,3-4,13,15H2,1-2H3,(H,26,28). The minimum Gasteiger partial charge on any atom is -0.491 e. The third kappa shape index (κ3) is 4.32. The van der Waals surface area contributed by atoms with Crippen LogP contribution in [-0.4, -0.2) is 46.9 Å². The van der Waals surface area contributed by atoms with Gasteiger partial charge in [0, 0.05) is 40.8 Å². The molecule has 0 spiro atoms. The number of hydrogen-bond donors (Lipinski definition) is 2. The number of nitrogens with zero attached hydrogens (tertiary/aromatic N) is 1. The maximum Gasteiger partial charge on any atom is 0.254 e. The highest BCUT2D eigenvalue weighted by molar-refractivity contribution is 5.98. The van der Waals surface area contributed by atoms with E-state index in [0.717, 1.165) is 30.3 Å². The van der Waals surface area contributed by atoms with Crippen molar-refractivity contribution in [3.63, 3.8) is 0 Å². The van der Waals surface area contributed by atoms with Crippen molar-refractivity contribution in [1.82, 2.24) is 15.2 Å². The Labute approximate surface area is 176 Å². The van der Waals surface area contributed by atoms with Gasteiger partial charge in [0.2, 0.25) is 0 Å². The number of hydrogen-bond acceptors (Lipinski definition) is 3. The molecule has 30 heavy (non-hydrogen) atoms. The molecule has 6 heteroatoms. The first-order valence-electron chi connectivity index (χ1n) is 10.4. The summed E-state index contributed by atoms with van der Waals surface area (Å²) in [7, 11) is 0. The first kappa shape index (κ1) is 20.0. The van der Waals surface area contributed by atoms with Gasteiger partial charge in [-0.15, -0.1) is 0 Å². The quantitative estimate of drug-likeness (QED) is 0.651. The molecule has 1 aromatic heterocycles. The van der Waals surface area contributed by atoms with Gasteiger partial charge in [-0.05, 0) is 75.2 Å². The maximum atomic E-state index is 13.1. The first-order chi connectivity index (χ1) is 14.5. The van der Waals surface area contributed by atoms with E-state index in [0.29, 0.717) is 23.5 Å². The molecule has 0 aliphatic carbocycles. The van der Waals surface area contributed by atoms with Gasteiger partial charge in [-0.1, -0.05) is 0 Å². The molecular weight excluding hydrogens is 378 g/mol. The van der Waals surface area contributed by atoms with Crippen molar-refractivity contribution in [2.75, 3.05) is 13.2 Å². The van der Waals surface area contributed by atoms with E-state index in [1.165, 1.54) is 0 Å². The van der Waals surface area contributed by atoms with Crippen LogP contribution in [-0.2, 0) is 0 Å². The number of H-pyrrole nitrogens is 1. The van der Waals surface area contributed by atoms with Gasteiger partial charge >= 0.3 is 0 Å². The lowest BCUT2D eigenvalue weighted by Gasteiger charge is -2.25. The van der Waals surface area contributed by atoms with Crippen LogP contribution < -0.4 is 10.1 Å². The molecule has 4 rings (SSSR count). The SMILES string of the molecule is CC(C)NC(=O)c1ccc(OCC2CCCN2C(=O)c2ccc3[nH]ccc3c2)cc1. The molecule has 156 valence electrons. The number of benzene rings is 2. The van der Waals surface area contributed by atoms with Gasteiger partial charge in [0.1, 0.15) is 12.4 Å². The van der Waals surface area contributed by atoms with Gasteiger partial charge in [-0.25, -0.2) is 0 Å². The van der Waals surface area contributed by atoms with Gasteiger partial charge in [0.05, 0.1) is 6.04 Å². The predicted molar refractivity (Wildman–Crippen MR) is 117 cm³/mol. The van der Waals surface area contributed by atoms with E-state index in [1.54, 1.807) is 24.3 Å². The number of rotatable bonds is 6. The molecule has 0 saturated carbocycles. The number of fused-ring (bicyclic) bond motifs is 1. The van der Waals surface area contributed by atoms with Gasteiger partial charge in [0.25, 0.3) is 11.8 Å². The van der Waals surface area contributed by atoms with Gasteiger partial charge in [-0.3, -0.25) is 9.59 Å². The first-order valence-corrected chi connectivity index (χ1v) is 10.4. The van der Waals surface area contributed by atoms with E-state index in [1.807, 2.05) is 49.2 Å². The lowest BCUT2D eigenvalue weighted by Crippen LogP contribution is -2.39. The van der Waals surface area contributed by atoms with E-state index in [-0.39, 0.29) is 23.9 Å².